The van der Waals surface area contributed by atoms with E-state index in [4.69, 9.17) is 4.74 Å². The van der Waals surface area contributed by atoms with Crippen LogP contribution in [0.25, 0.3) is 11.1 Å². The van der Waals surface area contributed by atoms with Gasteiger partial charge in [-0.15, -0.1) is 11.3 Å². The van der Waals surface area contributed by atoms with Gasteiger partial charge in [0.05, 0.1) is 13.7 Å². The molecule has 2 aromatic heterocycles. The monoisotopic (exact) mass is 289 g/mol. The van der Waals surface area contributed by atoms with Crippen molar-refractivity contribution in [3.63, 3.8) is 0 Å². The number of thiophene rings is 1. The summed E-state index contributed by atoms with van der Waals surface area (Å²) in [7, 11) is 1.45. The fourth-order valence-electron chi connectivity index (χ4n) is 1.68. The van der Waals surface area contributed by atoms with E-state index in [1.165, 1.54) is 18.7 Å². The molecule has 0 aromatic carbocycles. The van der Waals surface area contributed by atoms with Gasteiger partial charge in [0.25, 0.3) is 0 Å². The molecule has 0 saturated heterocycles. The Morgan fingerprint density at radius 1 is 1.37 bits per heavy atom. The van der Waals surface area contributed by atoms with Crippen molar-refractivity contribution in [3.8, 4) is 17.0 Å². The largest absolute Gasteiger partial charge is 0.481 e. The molecular weight excluding hydrogens is 279 g/mol. The minimum atomic E-state index is -4.46. The number of ether oxygens (including phenoxy) is 1. The van der Waals surface area contributed by atoms with Crippen molar-refractivity contribution in [1.29, 1.82) is 0 Å². The smallest absolute Gasteiger partial charge is 0.425 e. The van der Waals surface area contributed by atoms with Crippen LogP contribution in [0.4, 0.5) is 13.2 Å². The Bertz CT molecular complexity index is 563. The first-order chi connectivity index (χ1) is 8.97. The van der Waals surface area contributed by atoms with Crippen molar-refractivity contribution in [2.75, 3.05) is 7.11 Å². The first kappa shape index (κ1) is 13.8. The maximum atomic E-state index is 12.7. The number of rotatable bonds is 3. The summed E-state index contributed by atoms with van der Waals surface area (Å²) < 4.78 is 43.1. The lowest BCUT2D eigenvalue weighted by Gasteiger charge is -2.08. The van der Waals surface area contributed by atoms with Gasteiger partial charge in [-0.2, -0.15) is 13.2 Å². The van der Waals surface area contributed by atoms with Crippen LogP contribution in [0.3, 0.4) is 0 Å². The highest BCUT2D eigenvalue weighted by Gasteiger charge is 2.36. The number of hydrogen-bond acceptors (Lipinski definition) is 4. The molecule has 2 heterocycles. The van der Waals surface area contributed by atoms with E-state index in [2.05, 4.69) is 4.98 Å². The van der Waals surface area contributed by atoms with Crippen molar-refractivity contribution >= 4 is 11.3 Å². The van der Waals surface area contributed by atoms with Gasteiger partial charge in [0.1, 0.15) is 4.88 Å². The Morgan fingerprint density at radius 2 is 2.11 bits per heavy atom. The lowest BCUT2D eigenvalue weighted by Crippen LogP contribution is -2.06. The van der Waals surface area contributed by atoms with E-state index in [1.54, 1.807) is 12.1 Å². The van der Waals surface area contributed by atoms with Gasteiger partial charge in [0, 0.05) is 29.0 Å². The van der Waals surface area contributed by atoms with Crippen molar-refractivity contribution in [2.24, 2.45) is 0 Å². The van der Waals surface area contributed by atoms with Gasteiger partial charge in [-0.3, -0.25) is 0 Å². The first-order valence-electron chi connectivity index (χ1n) is 5.26. The summed E-state index contributed by atoms with van der Waals surface area (Å²) in [5.74, 6) is 0.376. The van der Waals surface area contributed by atoms with Crippen LogP contribution in [0.5, 0.6) is 5.88 Å². The summed E-state index contributed by atoms with van der Waals surface area (Å²) in [6, 6.07) is 3.16. The SMILES string of the molecule is COc1ccc(-c2csc(C(F)(F)F)c2CO)cn1. The number of aromatic nitrogens is 1. The molecule has 102 valence electrons. The normalized spacial score (nSPS) is 11.6. The molecule has 0 aliphatic rings. The van der Waals surface area contributed by atoms with Gasteiger partial charge >= 0.3 is 6.18 Å². The van der Waals surface area contributed by atoms with E-state index >= 15 is 0 Å². The van der Waals surface area contributed by atoms with Crippen LogP contribution < -0.4 is 4.74 Å². The summed E-state index contributed by atoms with van der Waals surface area (Å²) in [6.45, 7) is -0.667. The maximum Gasteiger partial charge on any atom is 0.425 e. The van der Waals surface area contributed by atoms with Crippen LogP contribution in [0.2, 0.25) is 0 Å². The predicted octanol–water partition coefficient (Wildman–Crippen LogP) is 3.33. The summed E-state index contributed by atoms with van der Waals surface area (Å²) in [5, 5.41) is 10.5. The standard InChI is InChI=1S/C12H10F3NO2S/c1-18-10-3-2-7(4-16-10)9-6-19-11(8(9)5-17)12(13,14)15/h2-4,6,17H,5H2,1H3. The minimum Gasteiger partial charge on any atom is -0.481 e. The number of halogens is 3. The Morgan fingerprint density at radius 3 is 2.58 bits per heavy atom. The molecular formula is C12H10F3NO2S. The average Bonchev–Trinajstić information content (AvgIpc) is 2.82. The second kappa shape index (κ2) is 5.18. The van der Waals surface area contributed by atoms with Gasteiger partial charge in [-0.1, -0.05) is 0 Å². The zero-order valence-corrected chi connectivity index (χ0v) is 10.7. The molecule has 2 rings (SSSR count). The van der Waals surface area contributed by atoms with Crippen LogP contribution in [-0.4, -0.2) is 17.2 Å². The number of methoxy groups -OCH3 is 1. The zero-order valence-electron chi connectivity index (χ0n) is 9.86. The van der Waals surface area contributed by atoms with Crippen molar-refractivity contribution < 1.29 is 23.0 Å². The molecule has 2 aromatic rings. The van der Waals surface area contributed by atoms with E-state index in [1.807, 2.05) is 0 Å². The second-order valence-corrected chi connectivity index (χ2v) is 4.58. The van der Waals surface area contributed by atoms with Crippen molar-refractivity contribution in [3.05, 3.63) is 34.2 Å². The molecule has 0 saturated carbocycles. The average molecular weight is 289 g/mol. The van der Waals surface area contributed by atoms with E-state index in [9.17, 15) is 18.3 Å². The van der Waals surface area contributed by atoms with Gasteiger partial charge in [-0.05, 0) is 11.4 Å². The third kappa shape index (κ3) is 2.71. The number of aliphatic hydroxyl groups is 1. The Hall–Kier alpha value is -1.60. The second-order valence-electron chi connectivity index (χ2n) is 3.70. The molecule has 0 amide bonds. The number of alkyl halides is 3. The molecule has 7 heteroatoms. The molecule has 0 aliphatic carbocycles. The van der Waals surface area contributed by atoms with Crippen LogP contribution in [-0.2, 0) is 12.8 Å². The van der Waals surface area contributed by atoms with Crippen LogP contribution in [0.15, 0.2) is 23.7 Å². The fraction of sp³-hybridized carbons (Fsp3) is 0.250. The highest BCUT2D eigenvalue weighted by atomic mass is 32.1. The Labute approximate surface area is 111 Å². The molecule has 0 fully saturated rings. The highest BCUT2D eigenvalue weighted by molar-refractivity contribution is 7.10. The van der Waals surface area contributed by atoms with Crippen molar-refractivity contribution in [2.45, 2.75) is 12.8 Å². The third-order valence-electron chi connectivity index (χ3n) is 2.57. The molecule has 0 bridgehead atoms. The molecule has 1 N–H and O–H groups in total. The number of aliphatic hydroxyl groups excluding tert-OH is 1. The Kier molecular flexibility index (Phi) is 3.77. The van der Waals surface area contributed by atoms with E-state index in [0.29, 0.717) is 28.3 Å². The van der Waals surface area contributed by atoms with Gasteiger partial charge in [-0.25, -0.2) is 4.98 Å². The quantitative estimate of drug-likeness (QED) is 0.942. The van der Waals surface area contributed by atoms with Gasteiger partial charge in [0.2, 0.25) is 5.88 Å². The van der Waals surface area contributed by atoms with E-state index < -0.39 is 17.7 Å². The Balaban J connectivity index is 2.47. The first-order valence-corrected chi connectivity index (χ1v) is 6.14. The van der Waals surface area contributed by atoms with Crippen LogP contribution in [0.1, 0.15) is 10.4 Å². The fourth-order valence-corrected chi connectivity index (χ4v) is 2.64. The van der Waals surface area contributed by atoms with Crippen LogP contribution >= 0.6 is 11.3 Å². The predicted molar refractivity (Wildman–Crippen MR) is 65.0 cm³/mol. The molecule has 0 atom stereocenters. The number of nitrogens with zero attached hydrogens (tertiary/aromatic N) is 1. The third-order valence-corrected chi connectivity index (χ3v) is 3.63. The van der Waals surface area contributed by atoms with E-state index in [0.717, 1.165) is 0 Å². The minimum absolute atomic E-state index is 0.121. The molecule has 19 heavy (non-hydrogen) atoms. The van der Waals surface area contributed by atoms with Crippen molar-refractivity contribution in [1.82, 2.24) is 4.98 Å². The van der Waals surface area contributed by atoms with Crippen LogP contribution in [0, 0.1) is 0 Å². The lowest BCUT2D eigenvalue weighted by molar-refractivity contribution is -0.135. The topological polar surface area (TPSA) is 42.4 Å². The zero-order chi connectivity index (χ0) is 14.0. The molecule has 0 unspecified atom stereocenters. The van der Waals surface area contributed by atoms with Gasteiger partial charge < -0.3 is 9.84 Å². The molecule has 0 aliphatic heterocycles. The summed E-state index contributed by atoms with van der Waals surface area (Å²) in [6.07, 6.45) is -3.04. The van der Waals surface area contributed by atoms with Gasteiger partial charge in [0.15, 0.2) is 0 Å². The summed E-state index contributed by atoms with van der Waals surface area (Å²) in [5.41, 5.74) is 0.732. The number of pyridine rings is 1. The maximum absolute atomic E-state index is 12.7. The highest BCUT2D eigenvalue weighted by Crippen LogP contribution is 2.41. The summed E-state index contributed by atoms with van der Waals surface area (Å²) >= 11 is 0.568. The molecule has 0 radical (unpaired) electrons. The summed E-state index contributed by atoms with van der Waals surface area (Å²) in [4.78, 5) is 3.16. The van der Waals surface area contributed by atoms with E-state index in [-0.39, 0.29) is 5.56 Å². The molecule has 0 spiro atoms. The number of hydrogen-bond donors (Lipinski definition) is 1. The molecule has 3 nitrogen and oxygen atoms in total. The lowest BCUT2D eigenvalue weighted by atomic mass is 10.1.